The number of hydrogen-bond donors (Lipinski definition) is 1. The molecule has 0 bridgehead atoms. The maximum atomic E-state index is 11.3. The monoisotopic (exact) mass is 365 g/mol. The van der Waals surface area contributed by atoms with Crippen LogP contribution < -0.4 is 5.73 Å². The number of fused-ring (bicyclic) bond motifs is 2. The van der Waals surface area contributed by atoms with E-state index in [9.17, 15) is 4.79 Å². The van der Waals surface area contributed by atoms with E-state index >= 15 is 0 Å². The van der Waals surface area contributed by atoms with Crippen LogP contribution in [0.4, 0.5) is 5.82 Å². The van der Waals surface area contributed by atoms with Crippen molar-refractivity contribution in [1.82, 2.24) is 19.5 Å². The van der Waals surface area contributed by atoms with Gasteiger partial charge in [0, 0.05) is 12.7 Å². The van der Waals surface area contributed by atoms with Gasteiger partial charge in [-0.3, -0.25) is 9.36 Å². The van der Waals surface area contributed by atoms with Crippen molar-refractivity contribution >= 4 is 33.9 Å². The zero-order valence-corrected chi connectivity index (χ0v) is 14.9. The average molecular weight is 365 g/mol. The van der Waals surface area contributed by atoms with Crippen LogP contribution in [0.1, 0.15) is 27.0 Å². The quantitative estimate of drug-likeness (QED) is 0.854. The summed E-state index contributed by atoms with van der Waals surface area (Å²) in [6.07, 6.45) is 1.66. The standard InChI is InChI=1S/C15H19N5O4S/c1-7(21)25-4-8-10-11(24-15(2,3)23-10)14(22-8)20-6-19-9-12(16)17-5-18-13(9)20/h5-6,8,10-11,14H,4H2,1-3H3,(H2,16,17,18)/t8-,10?,11?,14-/m1/s1. The maximum absolute atomic E-state index is 11.3. The predicted molar refractivity (Wildman–Crippen MR) is 90.6 cm³/mol. The van der Waals surface area contributed by atoms with Crippen LogP contribution >= 0.6 is 11.8 Å². The van der Waals surface area contributed by atoms with Crippen LogP contribution in [-0.2, 0) is 19.0 Å². The van der Waals surface area contributed by atoms with Crippen molar-refractivity contribution in [3.05, 3.63) is 12.7 Å². The van der Waals surface area contributed by atoms with Crippen LogP contribution in [0, 0.1) is 0 Å². The number of nitrogens with two attached hydrogens (primary N) is 1. The molecular weight excluding hydrogens is 346 g/mol. The van der Waals surface area contributed by atoms with Gasteiger partial charge in [0.05, 0.1) is 12.4 Å². The van der Waals surface area contributed by atoms with Crippen molar-refractivity contribution in [2.24, 2.45) is 0 Å². The second-order valence-corrected chi connectivity index (χ2v) is 7.71. The number of nitrogen functional groups attached to an aromatic ring is 1. The lowest BCUT2D eigenvalue weighted by atomic mass is 10.1. The molecule has 2 unspecified atom stereocenters. The summed E-state index contributed by atoms with van der Waals surface area (Å²) < 4.78 is 20.0. The molecule has 2 N–H and O–H groups in total. The number of carbonyl (C=O) groups excluding carboxylic acids is 1. The summed E-state index contributed by atoms with van der Waals surface area (Å²) >= 11 is 1.21. The van der Waals surface area contributed by atoms with E-state index in [0.29, 0.717) is 22.7 Å². The molecule has 9 nitrogen and oxygen atoms in total. The van der Waals surface area contributed by atoms with Gasteiger partial charge in [-0.2, -0.15) is 0 Å². The van der Waals surface area contributed by atoms with E-state index in [1.165, 1.54) is 25.0 Å². The molecule has 0 aliphatic carbocycles. The van der Waals surface area contributed by atoms with Gasteiger partial charge in [-0.25, -0.2) is 15.0 Å². The molecule has 2 fully saturated rings. The molecular formula is C15H19N5O4S. The normalized spacial score (nSPS) is 30.7. The highest BCUT2D eigenvalue weighted by Gasteiger charge is 2.56. The Bertz CT molecular complexity index is 825. The number of thioether (sulfide) groups is 1. The second kappa shape index (κ2) is 5.90. The van der Waals surface area contributed by atoms with Gasteiger partial charge in [0.25, 0.3) is 0 Å². The number of hydrogen-bond acceptors (Lipinski definition) is 9. The molecule has 4 atom stereocenters. The molecule has 0 radical (unpaired) electrons. The van der Waals surface area contributed by atoms with Gasteiger partial charge in [0.1, 0.15) is 24.1 Å². The Labute approximate surface area is 148 Å². The molecule has 4 heterocycles. The Morgan fingerprint density at radius 1 is 1.32 bits per heavy atom. The largest absolute Gasteiger partial charge is 0.382 e. The third-order valence-corrected chi connectivity index (χ3v) is 5.14. The number of nitrogens with zero attached hydrogens (tertiary/aromatic N) is 4. The predicted octanol–water partition coefficient (Wildman–Crippen LogP) is 1.11. The van der Waals surface area contributed by atoms with E-state index in [1.807, 2.05) is 13.8 Å². The van der Waals surface area contributed by atoms with Gasteiger partial charge in [-0.05, 0) is 13.8 Å². The number of imidazole rings is 1. The van der Waals surface area contributed by atoms with Crippen molar-refractivity contribution in [2.75, 3.05) is 11.5 Å². The molecule has 0 aromatic carbocycles. The fourth-order valence-electron chi connectivity index (χ4n) is 3.27. The van der Waals surface area contributed by atoms with Crippen LogP contribution in [0.5, 0.6) is 0 Å². The first-order valence-electron chi connectivity index (χ1n) is 7.93. The molecule has 2 aliphatic heterocycles. The summed E-state index contributed by atoms with van der Waals surface area (Å²) in [6, 6.07) is 0. The van der Waals surface area contributed by atoms with Gasteiger partial charge in [-0.15, -0.1) is 0 Å². The lowest BCUT2D eigenvalue weighted by molar-refractivity contribution is -0.193. The highest BCUT2D eigenvalue weighted by atomic mass is 32.2. The van der Waals surface area contributed by atoms with Gasteiger partial charge in [0.2, 0.25) is 0 Å². The lowest BCUT2D eigenvalue weighted by Crippen LogP contribution is -2.31. The van der Waals surface area contributed by atoms with Gasteiger partial charge in [0.15, 0.2) is 28.6 Å². The Kier molecular flexibility index (Phi) is 3.95. The summed E-state index contributed by atoms with van der Waals surface area (Å²) in [6.45, 7) is 5.26. The molecule has 4 rings (SSSR count). The Morgan fingerprint density at radius 2 is 2.08 bits per heavy atom. The van der Waals surface area contributed by atoms with E-state index in [4.69, 9.17) is 19.9 Å². The Morgan fingerprint density at radius 3 is 2.84 bits per heavy atom. The van der Waals surface area contributed by atoms with E-state index < -0.39 is 12.0 Å². The first-order chi connectivity index (χ1) is 11.9. The van der Waals surface area contributed by atoms with Crippen molar-refractivity contribution in [3.8, 4) is 0 Å². The van der Waals surface area contributed by atoms with Gasteiger partial charge in [-0.1, -0.05) is 11.8 Å². The topological polar surface area (TPSA) is 114 Å². The third kappa shape index (κ3) is 2.88. The van der Waals surface area contributed by atoms with Crippen LogP contribution in [0.25, 0.3) is 11.2 Å². The molecule has 0 amide bonds. The molecule has 2 saturated heterocycles. The van der Waals surface area contributed by atoms with Gasteiger partial charge >= 0.3 is 0 Å². The SMILES string of the molecule is CC(=O)SC[C@H]1O[C@@H](n2cnc3c(N)ncnc32)C2OC(C)(C)OC21. The summed E-state index contributed by atoms with van der Waals surface area (Å²) in [7, 11) is 0. The minimum Gasteiger partial charge on any atom is -0.382 e. The molecule has 134 valence electrons. The Hall–Kier alpha value is -1.75. The molecule has 0 spiro atoms. The van der Waals surface area contributed by atoms with E-state index in [2.05, 4.69) is 15.0 Å². The third-order valence-electron chi connectivity index (χ3n) is 4.24. The highest BCUT2D eigenvalue weighted by Crippen LogP contribution is 2.44. The second-order valence-electron chi connectivity index (χ2n) is 6.52. The summed E-state index contributed by atoms with van der Waals surface area (Å²) in [4.78, 5) is 23.8. The number of anilines is 1. The fourth-order valence-corrected chi connectivity index (χ4v) is 3.94. The highest BCUT2D eigenvalue weighted by molar-refractivity contribution is 8.13. The smallest absolute Gasteiger partial charge is 0.185 e. The molecule has 2 aromatic heterocycles. The minimum atomic E-state index is -0.721. The van der Waals surface area contributed by atoms with Crippen molar-refractivity contribution in [2.45, 2.75) is 51.1 Å². The molecule has 10 heteroatoms. The average Bonchev–Trinajstić information content (AvgIpc) is 3.17. The first kappa shape index (κ1) is 16.7. The number of carbonyl (C=O) groups is 1. The molecule has 2 aliphatic rings. The molecule has 0 saturated carbocycles. The van der Waals surface area contributed by atoms with Crippen molar-refractivity contribution < 1.29 is 19.0 Å². The lowest BCUT2D eigenvalue weighted by Gasteiger charge is -2.24. The van der Waals surface area contributed by atoms with E-state index in [1.54, 1.807) is 10.9 Å². The fraction of sp³-hybridized carbons (Fsp3) is 0.600. The van der Waals surface area contributed by atoms with Gasteiger partial charge < -0.3 is 19.9 Å². The maximum Gasteiger partial charge on any atom is 0.185 e. The summed E-state index contributed by atoms with van der Waals surface area (Å²) in [5, 5.41) is 0.0374. The van der Waals surface area contributed by atoms with Crippen LogP contribution in [0.2, 0.25) is 0 Å². The molecule has 25 heavy (non-hydrogen) atoms. The number of aromatic nitrogens is 4. The van der Waals surface area contributed by atoms with Crippen LogP contribution in [0.15, 0.2) is 12.7 Å². The van der Waals surface area contributed by atoms with E-state index in [0.717, 1.165) is 0 Å². The zero-order valence-electron chi connectivity index (χ0n) is 14.1. The van der Waals surface area contributed by atoms with Crippen molar-refractivity contribution in [3.63, 3.8) is 0 Å². The minimum absolute atomic E-state index is 0.0374. The van der Waals surface area contributed by atoms with Crippen LogP contribution in [0.3, 0.4) is 0 Å². The summed E-state index contributed by atoms with van der Waals surface area (Å²) in [5.74, 6) is 0.0859. The number of rotatable bonds is 3. The first-order valence-corrected chi connectivity index (χ1v) is 8.92. The van der Waals surface area contributed by atoms with Crippen molar-refractivity contribution in [1.29, 1.82) is 0 Å². The zero-order chi connectivity index (χ0) is 17.8. The van der Waals surface area contributed by atoms with E-state index in [-0.39, 0.29) is 23.4 Å². The molecule has 2 aromatic rings. The number of ether oxygens (including phenoxy) is 3. The summed E-state index contributed by atoms with van der Waals surface area (Å²) in [5.41, 5.74) is 6.95. The van der Waals surface area contributed by atoms with Crippen LogP contribution in [-0.4, -0.2) is 54.5 Å². The Balaban J connectivity index is 1.68.